The fourth-order valence-electron chi connectivity index (χ4n) is 0.890. The van der Waals surface area contributed by atoms with Crippen LogP contribution < -0.4 is 4.74 Å². The number of ether oxygens (including phenoxy) is 1. The molecule has 0 amide bonds. The molecule has 14 heavy (non-hydrogen) atoms. The Balaban J connectivity index is 0.000000791. The van der Waals surface area contributed by atoms with Crippen LogP contribution in [0.1, 0.15) is 26.5 Å². The van der Waals surface area contributed by atoms with Crippen LogP contribution in [0.15, 0.2) is 18.3 Å². The van der Waals surface area contributed by atoms with Gasteiger partial charge in [-0.3, -0.25) is 4.98 Å². The zero-order chi connectivity index (χ0) is 10.8. The Kier molecular flexibility index (Phi) is 7.16. The Labute approximate surface area is 85.4 Å². The summed E-state index contributed by atoms with van der Waals surface area (Å²) < 4.78 is 5.24. The van der Waals surface area contributed by atoms with Gasteiger partial charge < -0.3 is 4.74 Å². The highest BCUT2D eigenvalue weighted by Gasteiger charge is 1.95. The van der Waals surface area contributed by atoms with Gasteiger partial charge in [0.1, 0.15) is 5.75 Å². The average molecular weight is 192 g/mol. The Bertz CT molecular complexity index is 292. The minimum absolute atomic E-state index is 0.334. The molecule has 0 N–H and O–H groups in total. The van der Waals surface area contributed by atoms with Crippen molar-refractivity contribution in [3.05, 3.63) is 24.0 Å². The van der Waals surface area contributed by atoms with Gasteiger partial charge in [0, 0.05) is 12.3 Å². The highest BCUT2D eigenvalue weighted by atomic mass is 16.5. The summed E-state index contributed by atoms with van der Waals surface area (Å²) >= 11 is 0. The minimum atomic E-state index is 0.334. The maximum atomic E-state index is 8.41. The number of hydrogen-bond acceptors (Lipinski definition) is 3. The maximum absolute atomic E-state index is 8.41. The molecule has 0 saturated heterocycles. The minimum Gasteiger partial charge on any atom is -0.494 e. The molecule has 0 atom stereocenters. The Morgan fingerprint density at radius 2 is 2.21 bits per heavy atom. The third kappa shape index (κ3) is 4.46. The molecular weight excluding hydrogens is 176 g/mol. The molecule has 1 aromatic heterocycles. The van der Waals surface area contributed by atoms with E-state index >= 15 is 0 Å². The first kappa shape index (κ1) is 12.4. The zero-order valence-electron chi connectivity index (χ0n) is 8.95. The fourth-order valence-corrected chi connectivity index (χ4v) is 0.890. The van der Waals surface area contributed by atoms with Gasteiger partial charge in [0.15, 0.2) is 0 Å². The SMILES string of the molecule is CC.CCOc1ccnc(CC#N)c1. The first-order valence-corrected chi connectivity index (χ1v) is 4.81. The molecule has 0 bridgehead atoms. The van der Waals surface area contributed by atoms with E-state index in [2.05, 4.69) is 4.98 Å². The number of hydrogen-bond donors (Lipinski definition) is 0. The summed E-state index contributed by atoms with van der Waals surface area (Å²) in [7, 11) is 0. The molecule has 1 aromatic rings. The van der Waals surface area contributed by atoms with Crippen molar-refractivity contribution < 1.29 is 4.74 Å². The van der Waals surface area contributed by atoms with E-state index in [-0.39, 0.29) is 0 Å². The highest BCUT2D eigenvalue weighted by Crippen LogP contribution is 2.10. The lowest BCUT2D eigenvalue weighted by Gasteiger charge is -2.02. The summed E-state index contributed by atoms with van der Waals surface area (Å²) in [4.78, 5) is 4.01. The largest absolute Gasteiger partial charge is 0.494 e. The second-order valence-corrected chi connectivity index (χ2v) is 2.25. The molecule has 0 aliphatic heterocycles. The molecule has 0 unspecified atom stereocenters. The predicted octanol–water partition coefficient (Wildman–Crippen LogP) is 2.57. The van der Waals surface area contributed by atoms with Crippen molar-refractivity contribution in [1.29, 1.82) is 5.26 Å². The number of nitrogens with zero attached hydrogens (tertiary/aromatic N) is 2. The first-order chi connectivity index (χ1) is 6.86. The van der Waals surface area contributed by atoms with Crippen molar-refractivity contribution in [2.45, 2.75) is 27.2 Å². The van der Waals surface area contributed by atoms with Crippen LogP contribution in [0.2, 0.25) is 0 Å². The normalized spacial score (nSPS) is 8.14. The van der Waals surface area contributed by atoms with Gasteiger partial charge in [-0.15, -0.1) is 0 Å². The van der Waals surface area contributed by atoms with E-state index in [1.807, 2.05) is 26.8 Å². The molecule has 0 spiro atoms. The summed E-state index contributed by atoms with van der Waals surface area (Å²) in [5.41, 5.74) is 0.753. The van der Waals surface area contributed by atoms with Crippen LogP contribution in [-0.4, -0.2) is 11.6 Å². The van der Waals surface area contributed by atoms with Crippen LogP contribution in [-0.2, 0) is 6.42 Å². The molecule has 0 aliphatic rings. The summed E-state index contributed by atoms with van der Waals surface area (Å²) in [6, 6.07) is 5.60. The van der Waals surface area contributed by atoms with Gasteiger partial charge in [0.2, 0.25) is 0 Å². The fraction of sp³-hybridized carbons (Fsp3) is 0.455. The van der Waals surface area contributed by atoms with Crippen molar-refractivity contribution in [2.75, 3.05) is 6.61 Å². The van der Waals surface area contributed by atoms with Crippen LogP contribution in [0.25, 0.3) is 0 Å². The lowest BCUT2D eigenvalue weighted by Crippen LogP contribution is -1.94. The number of pyridine rings is 1. The van der Waals surface area contributed by atoms with Crippen molar-refractivity contribution in [1.82, 2.24) is 4.98 Å². The van der Waals surface area contributed by atoms with E-state index < -0.39 is 0 Å². The smallest absolute Gasteiger partial charge is 0.122 e. The molecule has 76 valence electrons. The second kappa shape index (κ2) is 8.06. The topological polar surface area (TPSA) is 45.9 Å². The maximum Gasteiger partial charge on any atom is 0.122 e. The quantitative estimate of drug-likeness (QED) is 0.739. The first-order valence-electron chi connectivity index (χ1n) is 4.81. The van der Waals surface area contributed by atoms with E-state index in [0.717, 1.165) is 11.4 Å². The third-order valence-electron chi connectivity index (χ3n) is 1.36. The van der Waals surface area contributed by atoms with E-state index in [9.17, 15) is 0 Å². The molecule has 0 aromatic carbocycles. The Hall–Kier alpha value is -1.56. The van der Waals surface area contributed by atoms with Gasteiger partial charge in [-0.05, 0) is 13.0 Å². The van der Waals surface area contributed by atoms with Gasteiger partial charge in [-0.25, -0.2) is 0 Å². The van der Waals surface area contributed by atoms with Gasteiger partial charge in [0.05, 0.1) is 24.8 Å². The van der Waals surface area contributed by atoms with E-state index in [1.165, 1.54) is 0 Å². The molecule has 1 heterocycles. The van der Waals surface area contributed by atoms with Gasteiger partial charge >= 0.3 is 0 Å². The summed E-state index contributed by atoms with van der Waals surface area (Å²) in [5, 5.41) is 8.41. The third-order valence-corrected chi connectivity index (χ3v) is 1.36. The summed E-state index contributed by atoms with van der Waals surface area (Å²) in [5.74, 6) is 0.776. The average Bonchev–Trinajstić information content (AvgIpc) is 2.22. The predicted molar refractivity (Wildman–Crippen MR) is 56.1 cm³/mol. The van der Waals surface area contributed by atoms with Gasteiger partial charge in [-0.2, -0.15) is 5.26 Å². The number of nitriles is 1. The van der Waals surface area contributed by atoms with E-state index in [4.69, 9.17) is 10.00 Å². The van der Waals surface area contributed by atoms with Crippen molar-refractivity contribution in [2.24, 2.45) is 0 Å². The number of rotatable bonds is 3. The number of aromatic nitrogens is 1. The van der Waals surface area contributed by atoms with Gasteiger partial charge in [0.25, 0.3) is 0 Å². The van der Waals surface area contributed by atoms with Crippen LogP contribution >= 0.6 is 0 Å². The molecule has 0 aliphatic carbocycles. The lowest BCUT2D eigenvalue weighted by molar-refractivity contribution is 0.339. The Morgan fingerprint density at radius 1 is 1.50 bits per heavy atom. The van der Waals surface area contributed by atoms with E-state index in [0.29, 0.717) is 13.0 Å². The molecule has 1 rings (SSSR count). The monoisotopic (exact) mass is 192 g/mol. The molecule has 0 saturated carbocycles. The highest BCUT2D eigenvalue weighted by molar-refractivity contribution is 5.23. The van der Waals surface area contributed by atoms with Crippen LogP contribution in [0, 0.1) is 11.3 Å². The summed E-state index contributed by atoms with van der Waals surface area (Å²) in [6.45, 7) is 6.56. The molecular formula is C11H16N2O. The van der Waals surface area contributed by atoms with Crippen LogP contribution in [0.3, 0.4) is 0 Å². The van der Waals surface area contributed by atoms with Crippen LogP contribution in [0.4, 0.5) is 0 Å². The second-order valence-electron chi connectivity index (χ2n) is 2.25. The molecule has 0 radical (unpaired) electrons. The van der Waals surface area contributed by atoms with E-state index in [1.54, 1.807) is 18.3 Å². The van der Waals surface area contributed by atoms with Crippen molar-refractivity contribution in [3.8, 4) is 11.8 Å². The lowest BCUT2D eigenvalue weighted by atomic mass is 10.3. The van der Waals surface area contributed by atoms with Crippen molar-refractivity contribution in [3.63, 3.8) is 0 Å². The molecule has 3 nitrogen and oxygen atoms in total. The summed E-state index contributed by atoms with van der Waals surface area (Å²) in [6.07, 6.45) is 1.98. The standard InChI is InChI=1S/C9H10N2O.C2H6/c1-2-12-9-4-6-11-8(7-9)3-5-10;1-2/h4,6-7H,2-3H2,1H3;1-2H3. The molecule has 0 fully saturated rings. The van der Waals surface area contributed by atoms with Gasteiger partial charge in [-0.1, -0.05) is 13.8 Å². The van der Waals surface area contributed by atoms with Crippen molar-refractivity contribution >= 4 is 0 Å². The Morgan fingerprint density at radius 3 is 2.79 bits per heavy atom. The zero-order valence-corrected chi connectivity index (χ0v) is 8.95. The molecule has 3 heteroatoms. The van der Waals surface area contributed by atoms with Crippen LogP contribution in [0.5, 0.6) is 5.75 Å².